The molecule has 0 spiro atoms. The molecule has 0 amide bonds. The first-order valence-electron chi connectivity index (χ1n) is 6.60. The van der Waals surface area contributed by atoms with Crippen LogP contribution in [0.1, 0.15) is 16.7 Å². The fourth-order valence-electron chi connectivity index (χ4n) is 1.91. The van der Waals surface area contributed by atoms with Crippen molar-refractivity contribution in [3.8, 4) is 0 Å². The van der Waals surface area contributed by atoms with Gasteiger partial charge in [0.15, 0.2) is 0 Å². The molecule has 0 atom stereocenters. The number of hydrogen-bond acceptors (Lipinski definition) is 5. The fourth-order valence-corrected chi connectivity index (χ4v) is 3.64. The van der Waals surface area contributed by atoms with Crippen molar-refractivity contribution in [3.05, 3.63) is 40.1 Å². The highest BCUT2D eigenvalue weighted by Gasteiger charge is 2.15. The standard InChI is InChI=1S/C14H19N3O2S2/c1-3-11-5-6-12(20-11)9-17-10-4-7-14(13(15)8-10)21(18,19)16-2/h4-8,16-17H,3,9,15H2,1-2H3. The molecule has 4 N–H and O–H groups in total. The van der Waals surface area contributed by atoms with Gasteiger partial charge in [0.05, 0.1) is 5.69 Å². The van der Waals surface area contributed by atoms with E-state index in [1.165, 1.54) is 22.9 Å². The number of aryl methyl sites for hydroxylation is 1. The highest BCUT2D eigenvalue weighted by atomic mass is 32.2. The van der Waals surface area contributed by atoms with Crippen LogP contribution in [0.25, 0.3) is 0 Å². The topological polar surface area (TPSA) is 84.2 Å². The maximum absolute atomic E-state index is 11.7. The molecular formula is C14H19N3O2S2. The van der Waals surface area contributed by atoms with E-state index in [1.54, 1.807) is 23.5 Å². The normalized spacial score (nSPS) is 11.5. The van der Waals surface area contributed by atoms with Crippen LogP contribution in [0, 0.1) is 0 Å². The second-order valence-electron chi connectivity index (χ2n) is 4.54. The lowest BCUT2D eigenvalue weighted by molar-refractivity contribution is 0.588. The van der Waals surface area contributed by atoms with E-state index >= 15 is 0 Å². The molecule has 0 saturated carbocycles. The van der Waals surface area contributed by atoms with E-state index in [2.05, 4.69) is 29.1 Å². The zero-order chi connectivity index (χ0) is 15.5. The van der Waals surface area contributed by atoms with Gasteiger partial charge in [-0.1, -0.05) is 6.92 Å². The highest BCUT2D eigenvalue weighted by Crippen LogP contribution is 2.23. The lowest BCUT2D eigenvalue weighted by atomic mass is 10.3. The molecule has 2 rings (SSSR count). The highest BCUT2D eigenvalue weighted by molar-refractivity contribution is 7.89. The number of sulfonamides is 1. The van der Waals surface area contributed by atoms with Crippen LogP contribution in [0.15, 0.2) is 35.2 Å². The van der Waals surface area contributed by atoms with Crippen LogP contribution in [0.5, 0.6) is 0 Å². The van der Waals surface area contributed by atoms with Crippen molar-refractivity contribution in [1.29, 1.82) is 0 Å². The van der Waals surface area contributed by atoms with Gasteiger partial charge in [-0.2, -0.15) is 0 Å². The summed E-state index contributed by atoms with van der Waals surface area (Å²) in [6, 6.07) is 9.08. The predicted octanol–water partition coefficient (Wildman–Crippen LogP) is 2.41. The van der Waals surface area contributed by atoms with Crippen molar-refractivity contribution < 1.29 is 8.42 Å². The largest absolute Gasteiger partial charge is 0.398 e. The lowest BCUT2D eigenvalue weighted by Gasteiger charge is -2.10. The van der Waals surface area contributed by atoms with Crippen LogP contribution >= 0.6 is 11.3 Å². The van der Waals surface area contributed by atoms with Crippen LogP contribution in [-0.4, -0.2) is 15.5 Å². The van der Waals surface area contributed by atoms with Gasteiger partial charge < -0.3 is 11.1 Å². The summed E-state index contributed by atoms with van der Waals surface area (Å²) in [5, 5.41) is 3.25. The summed E-state index contributed by atoms with van der Waals surface area (Å²) in [4.78, 5) is 2.68. The summed E-state index contributed by atoms with van der Waals surface area (Å²) >= 11 is 1.77. The third kappa shape index (κ3) is 3.75. The number of thiophene rings is 1. The van der Waals surface area contributed by atoms with Crippen molar-refractivity contribution in [2.45, 2.75) is 24.8 Å². The van der Waals surface area contributed by atoms with Crippen LogP contribution in [0.4, 0.5) is 11.4 Å². The van der Waals surface area contributed by atoms with Gasteiger partial charge in [-0.05, 0) is 43.8 Å². The number of anilines is 2. The first kappa shape index (κ1) is 15.8. The van der Waals surface area contributed by atoms with Gasteiger partial charge in [0.25, 0.3) is 0 Å². The maximum atomic E-state index is 11.7. The quantitative estimate of drug-likeness (QED) is 0.712. The summed E-state index contributed by atoms with van der Waals surface area (Å²) < 4.78 is 25.7. The third-order valence-corrected chi connectivity index (χ3v) is 5.82. The second kappa shape index (κ2) is 6.46. The average Bonchev–Trinajstić information content (AvgIpc) is 2.93. The van der Waals surface area contributed by atoms with Gasteiger partial charge in [-0.15, -0.1) is 11.3 Å². The number of rotatable bonds is 6. The minimum absolute atomic E-state index is 0.0972. The van der Waals surface area contributed by atoms with E-state index in [0.29, 0.717) is 6.54 Å². The first-order valence-corrected chi connectivity index (χ1v) is 8.90. The monoisotopic (exact) mass is 325 g/mol. The molecule has 0 aliphatic carbocycles. The van der Waals surface area contributed by atoms with Crippen molar-refractivity contribution in [2.75, 3.05) is 18.1 Å². The van der Waals surface area contributed by atoms with Crippen molar-refractivity contribution in [1.82, 2.24) is 4.72 Å². The molecule has 0 bridgehead atoms. The Morgan fingerprint density at radius 2 is 1.90 bits per heavy atom. The van der Waals surface area contributed by atoms with E-state index in [0.717, 1.165) is 12.1 Å². The SMILES string of the molecule is CCc1ccc(CNc2ccc(S(=O)(=O)NC)c(N)c2)s1. The molecule has 0 aliphatic heterocycles. The molecule has 0 fully saturated rings. The number of nitrogen functional groups attached to an aromatic ring is 1. The zero-order valence-electron chi connectivity index (χ0n) is 12.0. The Balaban J connectivity index is 2.10. The van der Waals surface area contributed by atoms with Gasteiger partial charge in [-0.3, -0.25) is 0 Å². The molecule has 0 saturated heterocycles. The van der Waals surface area contributed by atoms with Crippen molar-refractivity contribution in [3.63, 3.8) is 0 Å². The number of benzene rings is 1. The van der Waals surface area contributed by atoms with Crippen molar-refractivity contribution >= 4 is 32.7 Å². The predicted molar refractivity (Wildman–Crippen MR) is 88.1 cm³/mol. The lowest BCUT2D eigenvalue weighted by Crippen LogP contribution is -2.19. The fraction of sp³-hybridized carbons (Fsp3) is 0.286. The van der Waals surface area contributed by atoms with E-state index < -0.39 is 10.0 Å². The minimum atomic E-state index is -3.51. The van der Waals surface area contributed by atoms with Crippen LogP contribution in [0.2, 0.25) is 0 Å². The summed E-state index contributed by atoms with van der Waals surface area (Å²) in [6.45, 7) is 2.83. The summed E-state index contributed by atoms with van der Waals surface area (Å²) in [5.74, 6) is 0. The molecule has 21 heavy (non-hydrogen) atoms. The molecule has 0 aliphatic rings. The van der Waals surface area contributed by atoms with Gasteiger partial charge in [0.1, 0.15) is 4.90 Å². The Hall–Kier alpha value is -1.57. The Morgan fingerprint density at radius 1 is 1.19 bits per heavy atom. The van der Waals surface area contributed by atoms with Gasteiger partial charge in [-0.25, -0.2) is 13.1 Å². The van der Waals surface area contributed by atoms with E-state index in [1.807, 2.05) is 0 Å². The average molecular weight is 325 g/mol. The van der Waals surface area contributed by atoms with Crippen LogP contribution in [0.3, 0.4) is 0 Å². The second-order valence-corrected chi connectivity index (χ2v) is 7.64. The van der Waals surface area contributed by atoms with Gasteiger partial charge in [0, 0.05) is 22.0 Å². The minimum Gasteiger partial charge on any atom is -0.398 e. The molecule has 0 radical (unpaired) electrons. The van der Waals surface area contributed by atoms with E-state index in [9.17, 15) is 8.42 Å². The molecule has 1 heterocycles. The molecule has 7 heteroatoms. The Morgan fingerprint density at radius 3 is 2.48 bits per heavy atom. The first-order chi connectivity index (χ1) is 9.96. The Kier molecular flexibility index (Phi) is 4.87. The van der Waals surface area contributed by atoms with E-state index in [4.69, 9.17) is 5.73 Å². The third-order valence-electron chi connectivity index (χ3n) is 3.10. The molecule has 1 aromatic heterocycles. The van der Waals surface area contributed by atoms with Crippen LogP contribution in [-0.2, 0) is 23.0 Å². The number of hydrogen-bond donors (Lipinski definition) is 3. The molecular weight excluding hydrogens is 306 g/mol. The zero-order valence-corrected chi connectivity index (χ0v) is 13.6. The van der Waals surface area contributed by atoms with Crippen LogP contribution < -0.4 is 15.8 Å². The Bertz CT molecular complexity index is 724. The Labute approximate surface area is 129 Å². The molecule has 2 aromatic rings. The summed E-state index contributed by atoms with van der Waals surface area (Å²) in [6.07, 6.45) is 1.04. The van der Waals surface area contributed by atoms with Gasteiger partial charge in [0.2, 0.25) is 10.0 Å². The molecule has 0 unspecified atom stereocenters. The summed E-state index contributed by atoms with van der Waals surface area (Å²) in [7, 11) is -2.15. The smallest absolute Gasteiger partial charge is 0.242 e. The maximum Gasteiger partial charge on any atom is 0.242 e. The number of nitrogens with one attached hydrogen (secondary N) is 2. The molecule has 5 nitrogen and oxygen atoms in total. The molecule has 114 valence electrons. The number of nitrogens with two attached hydrogens (primary N) is 1. The van der Waals surface area contributed by atoms with Gasteiger partial charge >= 0.3 is 0 Å². The molecule has 1 aromatic carbocycles. The van der Waals surface area contributed by atoms with Crippen molar-refractivity contribution in [2.24, 2.45) is 0 Å². The summed E-state index contributed by atoms with van der Waals surface area (Å²) in [5.41, 5.74) is 6.85. The van der Waals surface area contributed by atoms with E-state index in [-0.39, 0.29) is 10.6 Å².